The Balaban J connectivity index is 1.49. The van der Waals surface area contributed by atoms with Gasteiger partial charge in [0.2, 0.25) is 5.91 Å². The lowest BCUT2D eigenvalue weighted by Gasteiger charge is -2.35. The van der Waals surface area contributed by atoms with E-state index in [2.05, 4.69) is 20.9 Å². The minimum absolute atomic E-state index is 0.0728. The Morgan fingerprint density at radius 1 is 1.38 bits per heavy atom. The smallest absolute Gasteiger partial charge is 0.245 e. The van der Waals surface area contributed by atoms with Gasteiger partial charge in [0.1, 0.15) is 16.9 Å². The van der Waals surface area contributed by atoms with Crippen molar-refractivity contribution in [1.82, 2.24) is 14.9 Å². The molecule has 2 atom stereocenters. The molecule has 1 N–H and O–H groups in total. The van der Waals surface area contributed by atoms with Crippen LogP contribution in [0, 0.1) is 11.3 Å². The molecule has 1 amide bonds. The van der Waals surface area contributed by atoms with Gasteiger partial charge in [0.15, 0.2) is 0 Å². The minimum atomic E-state index is -0.0728. The van der Waals surface area contributed by atoms with Crippen LogP contribution in [0.4, 0.5) is 5.00 Å². The van der Waals surface area contributed by atoms with Crippen LogP contribution in [0.15, 0.2) is 23.8 Å². The van der Waals surface area contributed by atoms with E-state index in [4.69, 9.17) is 0 Å². The fourth-order valence-corrected chi connectivity index (χ4v) is 4.70. The first-order valence-electron chi connectivity index (χ1n) is 8.30. The number of carbonyl (C=O) groups is 1. The topological polar surface area (TPSA) is 76.0 Å². The number of H-pyrrole nitrogens is 1. The van der Waals surface area contributed by atoms with Crippen LogP contribution in [0.1, 0.15) is 36.6 Å². The third kappa shape index (κ3) is 2.62. The summed E-state index contributed by atoms with van der Waals surface area (Å²) in [6, 6.07) is 3.90. The van der Waals surface area contributed by atoms with Gasteiger partial charge in [0, 0.05) is 31.4 Å². The molecule has 2 fully saturated rings. The number of aromatic amines is 1. The van der Waals surface area contributed by atoms with Crippen molar-refractivity contribution in [3.63, 3.8) is 0 Å². The molecule has 6 nitrogen and oxygen atoms in total. The molecule has 4 heterocycles. The number of piperidine rings is 1. The number of nitriles is 1. The van der Waals surface area contributed by atoms with Gasteiger partial charge in [0.05, 0.1) is 11.6 Å². The number of amides is 1. The number of thiophene rings is 1. The highest BCUT2D eigenvalue weighted by Gasteiger charge is 2.39. The number of hydrogen-bond acceptors (Lipinski definition) is 5. The van der Waals surface area contributed by atoms with Gasteiger partial charge >= 0.3 is 0 Å². The molecule has 0 radical (unpaired) electrons. The number of hydrogen-bond donors (Lipinski definition) is 1. The molecule has 2 aliphatic heterocycles. The maximum Gasteiger partial charge on any atom is 0.245 e. The molecule has 2 saturated heterocycles. The molecule has 24 heavy (non-hydrogen) atoms. The van der Waals surface area contributed by atoms with Crippen LogP contribution in [-0.2, 0) is 4.79 Å². The Kier molecular flexibility index (Phi) is 4.08. The van der Waals surface area contributed by atoms with Crippen LogP contribution in [0.3, 0.4) is 0 Å². The zero-order valence-electron chi connectivity index (χ0n) is 13.3. The summed E-state index contributed by atoms with van der Waals surface area (Å²) < 4.78 is 0. The summed E-state index contributed by atoms with van der Waals surface area (Å²) in [5, 5.41) is 11.9. The molecule has 0 saturated carbocycles. The first-order valence-corrected chi connectivity index (χ1v) is 9.18. The van der Waals surface area contributed by atoms with E-state index in [-0.39, 0.29) is 11.9 Å². The Bertz CT molecular complexity index is 762. The van der Waals surface area contributed by atoms with E-state index in [0.29, 0.717) is 18.0 Å². The number of nitrogens with zero attached hydrogens (tertiary/aromatic N) is 4. The van der Waals surface area contributed by atoms with E-state index in [0.717, 1.165) is 43.2 Å². The number of rotatable bonds is 3. The van der Waals surface area contributed by atoms with Gasteiger partial charge in [-0.05, 0) is 37.3 Å². The van der Waals surface area contributed by atoms with E-state index < -0.39 is 0 Å². The quantitative estimate of drug-likeness (QED) is 0.929. The van der Waals surface area contributed by atoms with Crippen LogP contribution in [0.2, 0.25) is 0 Å². The molecule has 4 rings (SSSR count). The van der Waals surface area contributed by atoms with Crippen LogP contribution >= 0.6 is 11.3 Å². The Morgan fingerprint density at radius 2 is 2.29 bits per heavy atom. The predicted octanol–water partition coefficient (Wildman–Crippen LogP) is 2.33. The number of anilines is 1. The van der Waals surface area contributed by atoms with E-state index in [1.807, 2.05) is 11.6 Å². The van der Waals surface area contributed by atoms with Crippen molar-refractivity contribution in [2.75, 3.05) is 24.5 Å². The second-order valence-corrected chi connectivity index (χ2v) is 7.25. The molecule has 124 valence electrons. The van der Waals surface area contributed by atoms with Crippen molar-refractivity contribution < 1.29 is 4.79 Å². The minimum Gasteiger partial charge on any atom is -0.348 e. The summed E-state index contributed by atoms with van der Waals surface area (Å²) >= 11 is 1.47. The predicted molar refractivity (Wildman–Crippen MR) is 91.9 cm³/mol. The zero-order chi connectivity index (χ0) is 16.5. The number of likely N-dealkylation sites (tertiary alicyclic amines) is 1. The molecule has 7 heteroatoms. The van der Waals surface area contributed by atoms with E-state index in [1.54, 1.807) is 17.2 Å². The Hall–Kier alpha value is -2.17. The summed E-state index contributed by atoms with van der Waals surface area (Å²) in [7, 11) is 0. The Labute approximate surface area is 144 Å². The fraction of sp³-hybridized carbons (Fsp3) is 0.471. The molecule has 2 aliphatic rings. The van der Waals surface area contributed by atoms with Gasteiger partial charge in [-0.1, -0.05) is 0 Å². The summed E-state index contributed by atoms with van der Waals surface area (Å²) in [6.45, 7) is 2.52. The van der Waals surface area contributed by atoms with Gasteiger partial charge in [-0.2, -0.15) is 5.26 Å². The molecule has 0 spiro atoms. The molecule has 0 aromatic carbocycles. The molecular weight excluding hydrogens is 322 g/mol. The lowest BCUT2D eigenvalue weighted by molar-refractivity contribution is -0.122. The van der Waals surface area contributed by atoms with Gasteiger partial charge in [0.25, 0.3) is 0 Å². The van der Waals surface area contributed by atoms with Crippen molar-refractivity contribution in [3.8, 4) is 6.07 Å². The van der Waals surface area contributed by atoms with Crippen molar-refractivity contribution in [2.45, 2.75) is 31.2 Å². The number of imidazole rings is 1. The Morgan fingerprint density at radius 3 is 3.08 bits per heavy atom. The normalized spacial score (nSPS) is 25.1. The summed E-state index contributed by atoms with van der Waals surface area (Å²) in [6.07, 6.45) is 6.66. The molecule has 0 bridgehead atoms. The molecule has 2 aromatic rings. The lowest BCUT2D eigenvalue weighted by atomic mass is 9.95. The molecule has 0 aliphatic carbocycles. The zero-order valence-corrected chi connectivity index (χ0v) is 14.1. The van der Waals surface area contributed by atoms with Gasteiger partial charge in [-0.3, -0.25) is 9.69 Å². The van der Waals surface area contributed by atoms with Gasteiger partial charge in [-0.15, -0.1) is 11.3 Å². The molecular formula is C17H19N5OS. The van der Waals surface area contributed by atoms with E-state index >= 15 is 0 Å². The van der Waals surface area contributed by atoms with Crippen molar-refractivity contribution in [1.29, 1.82) is 5.26 Å². The summed E-state index contributed by atoms with van der Waals surface area (Å²) in [5.74, 6) is 1.52. The maximum atomic E-state index is 12.9. The SMILES string of the molecule is N#Cc1ccsc1N1CC[C@@H](N2CCC[C@H](c3ncc[nH]3)C2)C1=O. The lowest BCUT2D eigenvalue weighted by Crippen LogP contribution is -2.46. The van der Waals surface area contributed by atoms with Gasteiger partial charge < -0.3 is 9.88 Å². The number of nitrogens with one attached hydrogen (secondary N) is 1. The second-order valence-electron chi connectivity index (χ2n) is 6.35. The maximum absolute atomic E-state index is 12.9. The molecule has 2 aromatic heterocycles. The van der Waals surface area contributed by atoms with Crippen molar-refractivity contribution >= 4 is 22.2 Å². The van der Waals surface area contributed by atoms with Crippen LogP contribution in [0.25, 0.3) is 0 Å². The van der Waals surface area contributed by atoms with Gasteiger partial charge in [-0.25, -0.2) is 4.98 Å². The summed E-state index contributed by atoms with van der Waals surface area (Å²) in [4.78, 5) is 24.6. The average molecular weight is 341 g/mol. The summed E-state index contributed by atoms with van der Waals surface area (Å²) in [5.41, 5.74) is 0.598. The molecule has 0 unspecified atom stereocenters. The monoisotopic (exact) mass is 341 g/mol. The standard InChI is InChI=1S/C17H19N5OS/c18-10-12-4-9-24-17(12)22-8-3-14(16(22)23)21-7-1-2-13(11-21)15-19-5-6-20-15/h4-6,9,13-14H,1-3,7-8,11H2,(H,19,20)/t13-,14+/m0/s1. The van der Waals surface area contributed by atoms with Crippen LogP contribution in [-0.4, -0.2) is 46.5 Å². The highest BCUT2D eigenvalue weighted by atomic mass is 32.1. The fourth-order valence-electron chi connectivity index (χ4n) is 3.81. The third-order valence-electron chi connectivity index (χ3n) is 4.99. The number of carbonyl (C=O) groups excluding carboxylic acids is 1. The highest BCUT2D eigenvalue weighted by molar-refractivity contribution is 7.14. The highest BCUT2D eigenvalue weighted by Crippen LogP contribution is 2.34. The second kappa shape index (κ2) is 6.38. The third-order valence-corrected chi connectivity index (χ3v) is 5.92. The number of aromatic nitrogens is 2. The van der Waals surface area contributed by atoms with E-state index in [1.165, 1.54) is 11.3 Å². The largest absolute Gasteiger partial charge is 0.348 e. The van der Waals surface area contributed by atoms with E-state index in [9.17, 15) is 10.1 Å². The van der Waals surface area contributed by atoms with Crippen LogP contribution in [0.5, 0.6) is 0 Å². The van der Waals surface area contributed by atoms with Crippen molar-refractivity contribution in [2.24, 2.45) is 0 Å². The first kappa shape index (κ1) is 15.4. The van der Waals surface area contributed by atoms with Crippen molar-refractivity contribution in [3.05, 3.63) is 35.2 Å². The first-order chi connectivity index (χ1) is 11.8. The average Bonchev–Trinajstić information content (AvgIpc) is 3.35. The van der Waals surface area contributed by atoms with Crippen LogP contribution < -0.4 is 4.90 Å².